The van der Waals surface area contributed by atoms with Gasteiger partial charge in [0.05, 0.1) is 0 Å². The maximum Gasteiger partial charge on any atom is 0.306 e. The van der Waals surface area contributed by atoms with Gasteiger partial charge in [-0.3, -0.25) is 14.4 Å². The fourth-order valence-corrected chi connectivity index (χ4v) is 8.81. The van der Waals surface area contributed by atoms with Crippen molar-refractivity contribution < 1.29 is 28.6 Å². The second kappa shape index (κ2) is 63.6. The predicted molar refractivity (Wildman–Crippen MR) is 330 cm³/mol. The number of carbonyl (C=O) groups excluding carboxylic acids is 3. The van der Waals surface area contributed by atoms with Gasteiger partial charge in [-0.25, -0.2) is 0 Å². The molecule has 0 bridgehead atoms. The van der Waals surface area contributed by atoms with Crippen LogP contribution in [-0.2, 0) is 28.6 Å². The molecule has 0 N–H and O–H groups in total. The molecule has 6 nitrogen and oxygen atoms in total. The van der Waals surface area contributed by atoms with E-state index in [2.05, 4.69) is 130 Å². The summed E-state index contributed by atoms with van der Waals surface area (Å²) < 4.78 is 16.9. The zero-order valence-electron chi connectivity index (χ0n) is 49.7. The third-order valence-electron chi connectivity index (χ3n) is 13.5. The van der Waals surface area contributed by atoms with Gasteiger partial charge in [0, 0.05) is 19.3 Å². The van der Waals surface area contributed by atoms with Crippen LogP contribution in [0.3, 0.4) is 0 Å². The number of allylic oxidation sites excluding steroid dienone is 18. The van der Waals surface area contributed by atoms with E-state index in [9.17, 15) is 14.4 Å². The molecule has 0 aliphatic carbocycles. The molecule has 0 saturated carbocycles. The lowest BCUT2D eigenvalue weighted by Crippen LogP contribution is -2.30. The van der Waals surface area contributed by atoms with Crippen molar-refractivity contribution in [1.82, 2.24) is 0 Å². The van der Waals surface area contributed by atoms with Gasteiger partial charge < -0.3 is 14.2 Å². The van der Waals surface area contributed by atoms with Gasteiger partial charge in [0.2, 0.25) is 0 Å². The van der Waals surface area contributed by atoms with Gasteiger partial charge in [0.25, 0.3) is 0 Å². The van der Waals surface area contributed by atoms with E-state index >= 15 is 0 Å². The molecule has 1 atom stereocenters. The van der Waals surface area contributed by atoms with Crippen LogP contribution in [0.4, 0.5) is 0 Å². The SMILES string of the molecule is CC/C=C\C/C=C\C/C=C\C/C=C\C/C=C\C/C=C\CCCCCCCCCCCCC(=O)OCC(COC(=O)CCCCCCCCCCCCCCCC)OC(=O)CCCCCCC/C=C\C/C=C\C/C=C\CC. The van der Waals surface area contributed by atoms with Crippen LogP contribution in [0.25, 0.3) is 0 Å². The molecule has 6 heteroatoms. The van der Waals surface area contributed by atoms with Crippen molar-refractivity contribution in [3.05, 3.63) is 109 Å². The average Bonchev–Trinajstić information content (AvgIpc) is 3.42. The van der Waals surface area contributed by atoms with E-state index in [1.807, 2.05) is 0 Å². The van der Waals surface area contributed by atoms with Gasteiger partial charge in [0.15, 0.2) is 6.10 Å². The minimum atomic E-state index is -0.789. The normalized spacial score (nSPS) is 12.8. The Kier molecular flexibility index (Phi) is 60.3. The lowest BCUT2D eigenvalue weighted by Gasteiger charge is -2.18. The summed E-state index contributed by atoms with van der Waals surface area (Å²) in [7, 11) is 0. The largest absolute Gasteiger partial charge is 0.462 e. The lowest BCUT2D eigenvalue weighted by molar-refractivity contribution is -0.167. The first-order chi connectivity index (χ1) is 37.5. The zero-order chi connectivity index (χ0) is 55.0. The fraction of sp³-hybridized carbons (Fsp3) is 0.700. The standard InChI is InChI=1S/C70H118O6/c1-4-7-10-13-16-19-22-25-28-29-30-31-32-33-34-35-36-37-38-39-40-41-43-45-48-51-54-57-60-63-69(72)75-66-67(65-74-68(71)62-59-56-53-50-47-44-27-24-21-18-15-12-9-6-3)76-70(73)64-61-58-55-52-49-46-42-26-23-20-17-14-11-8-5-2/h7-8,10-11,16-17,19-20,25-26,28,30-31,33-34,36-37,42,67H,4-6,9,12-15,18,21-24,27,29,32,35,38-41,43-66H2,1-3H3/b10-7-,11-8-,19-16-,20-17-,28-25-,31-30-,34-33-,37-36-,42-26-. The number of hydrogen-bond donors (Lipinski definition) is 0. The van der Waals surface area contributed by atoms with E-state index in [0.717, 1.165) is 135 Å². The van der Waals surface area contributed by atoms with Crippen molar-refractivity contribution in [3.8, 4) is 0 Å². The van der Waals surface area contributed by atoms with Crippen LogP contribution < -0.4 is 0 Å². The average molecular weight is 1060 g/mol. The molecule has 0 saturated heterocycles. The number of carbonyl (C=O) groups is 3. The van der Waals surface area contributed by atoms with Crippen molar-refractivity contribution in [1.29, 1.82) is 0 Å². The molecule has 0 aromatic carbocycles. The summed E-state index contributed by atoms with van der Waals surface area (Å²) in [5.41, 5.74) is 0. The van der Waals surface area contributed by atoms with Crippen LogP contribution in [0, 0.1) is 0 Å². The Morgan fingerprint density at radius 2 is 0.513 bits per heavy atom. The van der Waals surface area contributed by atoms with Gasteiger partial charge in [-0.15, -0.1) is 0 Å². The van der Waals surface area contributed by atoms with Gasteiger partial charge in [0.1, 0.15) is 13.2 Å². The summed E-state index contributed by atoms with van der Waals surface area (Å²) in [4.78, 5) is 38.3. The zero-order valence-corrected chi connectivity index (χ0v) is 49.7. The molecular weight excluding hydrogens is 937 g/mol. The monoisotopic (exact) mass is 1050 g/mol. The molecule has 0 amide bonds. The Hall–Kier alpha value is -3.93. The van der Waals surface area contributed by atoms with Crippen molar-refractivity contribution in [2.45, 2.75) is 303 Å². The topological polar surface area (TPSA) is 78.9 Å². The van der Waals surface area contributed by atoms with E-state index in [1.54, 1.807) is 0 Å². The first kappa shape index (κ1) is 72.1. The molecular formula is C70H118O6. The minimum Gasteiger partial charge on any atom is -0.462 e. The number of ether oxygens (including phenoxy) is 3. The number of rotatable bonds is 57. The summed E-state index contributed by atoms with van der Waals surface area (Å²) in [5.74, 6) is -0.898. The van der Waals surface area contributed by atoms with E-state index in [0.29, 0.717) is 19.3 Å². The molecule has 0 fully saturated rings. The summed E-state index contributed by atoms with van der Waals surface area (Å²) in [6, 6.07) is 0. The molecule has 0 aliphatic heterocycles. The molecule has 0 heterocycles. The van der Waals surface area contributed by atoms with Crippen molar-refractivity contribution in [3.63, 3.8) is 0 Å². The molecule has 0 radical (unpaired) electrons. The Bertz CT molecular complexity index is 1540. The highest BCUT2D eigenvalue weighted by atomic mass is 16.6. The molecule has 0 aromatic rings. The van der Waals surface area contributed by atoms with Crippen LogP contribution in [0.2, 0.25) is 0 Å². The Morgan fingerprint density at radius 3 is 0.803 bits per heavy atom. The van der Waals surface area contributed by atoms with E-state index in [-0.39, 0.29) is 31.1 Å². The Morgan fingerprint density at radius 1 is 0.276 bits per heavy atom. The minimum absolute atomic E-state index is 0.0842. The summed E-state index contributed by atoms with van der Waals surface area (Å²) in [6.07, 6.45) is 86.6. The quantitative estimate of drug-likeness (QED) is 0.0261. The van der Waals surface area contributed by atoms with Crippen molar-refractivity contribution in [2.75, 3.05) is 13.2 Å². The maximum absolute atomic E-state index is 12.9. The van der Waals surface area contributed by atoms with Crippen LogP contribution in [0.5, 0.6) is 0 Å². The molecule has 434 valence electrons. The smallest absolute Gasteiger partial charge is 0.306 e. The third kappa shape index (κ3) is 60.9. The maximum atomic E-state index is 12.9. The Balaban J connectivity index is 4.29. The van der Waals surface area contributed by atoms with Gasteiger partial charge >= 0.3 is 17.9 Å². The predicted octanol–water partition coefficient (Wildman–Crippen LogP) is 21.8. The highest BCUT2D eigenvalue weighted by molar-refractivity contribution is 5.71. The number of hydrogen-bond acceptors (Lipinski definition) is 6. The first-order valence-electron chi connectivity index (χ1n) is 31.9. The first-order valence-corrected chi connectivity index (χ1v) is 31.9. The van der Waals surface area contributed by atoms with Crippen LogP contribution in [0.15, 0.2) is 109 Å². The molecule has 76 heavy (non-hydrogen) atoms. The molecule has 0 aliphatic rings. The van der Waals surface area contributed by atoms with Gasteiger partial charge in [-0.1, -0.05) is 284 Å². The second-order valence-corrected chi connectivity index (χ2v) is 20.9. The molecule has 0 rings (SSSR count). The summed E-state index contributed by atoms with van der Waals surface area (Å²) in [6.45, 7) is 6.42. The van der Waals surface area contributed by atoms with Crippen molar-refractivity contribution in [2.24, 2.45) is 0 Å². The lowest BCUT2D eigenvalue weighted by atomic mass is 10.0. The summed E-state index contributed by atoms with van der Waals surface area (Å²) >= 11 is 0. The number of unbranched alkanes of at least 4 members (excludes halogenated alkanes) is 28. The summed E-state index contributed by atoms with van der Waals surface area (Å²) in [5, 5.41) is 0. The molecule has 0 aromatic heterocycles. The van der Waals surface area contributed by atoms with Crippen LogP contribution in [0.1, 0.15) is 297 Å². The third-order valence-corrected chi connectivity index (χ3v) is 13.5. The van der Waals surface area contributed by atoms with Crippen LogP contribution in [-0.4, -0.2) is 37.2 Å². The van der Waals surface area contributed by atoms with E-state index in [1.165, 1.54) is 122 Å². The molecule has 0 spiro atoms. The Labute approximate surface area is 470 Å². The highest BCUT2D eigenvalue weighted by Crippen LogP contribution is 2.16. The van der Waals surface area contributed by atoms with Crippen molar-refractivity contribution >= 4 is 17.9 Å². The van der Waals surface area contributed by atoms with Gasteiger partial charge in [-0.2, -0.15) is 0 Å². The van der Waals surface area contributed by atoms with Crippen LogP contribution >= 0.6 is 0 Å². The van der Waals surface area contributed by atoms with E-state index < -0.39 is 6.10 Å². The fourth-order valence-electron chi connectivity index (χ4n) is 8.81. The number of esters is 3. The highest BCUT2D eigenvalue weighted by Gasteiger charge is 2.19. The molecule has 1 unspecified atom stereocenters. The van der Waals surface area contributed by atoms with Gasteiger partial charge in [-0.05, 0) is 103 Å². The second-order valence-electron chi connectivity index (χ2n) is 20.9. The van der Waals surface area contributed by atoms with E-state index in [4.69, 9.17) is 14.2 Å².